The van der Waals surface area contributed by atoms with Gasteiger partial charge in [0.05, 0.1) is 21.9 Å². The largest absolute Gasteiger partial charge is 0.272 e. The summed E-state index contributed by atoms with van der Waals surface area (Å²) in [6.45, 7) is 9.28. The minimum Gasteiger partial charge on any atom is -0.272 e. The van der Waals surface area contributed by atoms with Crippen molar-refractivity contribution in [2.75, 3.05) is 0 Å². The quantitative estimate of drug-likeness (QED) is 0.621. The molecule has 2 heterocycles. The summed E-state index contributed by atoms with van der Waals surface area (Å²) in [7, 11) is 0. The maximum Gasteiger partial charge on any atom is 0.0735 e. The zero-order valence-corrected chi connectivity index (χ0v) is 16.2. The van der Waals surface area contributed by atoms with E-state index in [1.807, 2.05) is 16.3 Å². The molecule has 0 aliphatic rings. The van der Waals surface area contributed by atoms with Crippen LogP contribution in [0.1, 0.15) is 36.8 Å². The Morgan fingerprint density at radius 2 is 1.75 bits per heavy atom. The predicted molar refractivity (Wildman–Crippen MR) is 101 cm³/mol. The van der Waals surface area contributed by atoms with E-state index in [0.717, 1.165) is 28.8 Å². The van der Waals surface area contributed by atoms with Crippen LogP contribution in [0.15, 0.2) is 41.1 Å². The summed E-state index contributed by atoms with van der Waals surface area (Å²) in [6.07, 6.45) is 5.13. The number of aryl methyl sites for hydroxylation is 3. The third kappa shape index (κ3) is 3.46. The van der Waals surface area contributed by atoms with Gasteiger partial charge < -0.3 is 0 Å². The van der Waals surface area contributed by atoms with Gasteiger partial charge in [-0.25, -0.2) is 0 Å². The number of halogens is 1. The molecule has 0 N–H and O–H groups in total. The van der Waals surface area contributed by atoms with Crippen LogP contribution in [0.4, 0.5) is 0 Å². The Morgan fingerprint density at radius 1 is 1.04 bits per heavy atom. The highest BCUT2D eigenvalue weighted by Crippen LogP contribution is 2.24. The van der Waals surface area contributed by atoms with Crippen molar-refractivity contribution in [3.63, 3.8) is 0 Å². The maximum absolute atomic E-state index is 4.55. The van der Waals surface area contributed by atoms with E-state index in [1.165, 1.54) is 16.7 Å². The molecule has 0 saturated heterocycles. The molecule has 0 saturated carbocycles. The first-order valence-corrected chi connectivity index (χ1v) is 9.11. The molecule has 1 unspecified atom stereocenters. The van der Waals surface area contributed by atoms with E-state index in [9.17, 15) is 0 Å². The second-order valence-electron chi connectivity index (χ2n) is 6.28. The second-order valence-corrected chi connectivity index (χ2v) is 7.13. The van der Waals surface area contributed by atoms with Crippen LogP contribution in [0.2, 0.25) is 0 Å². The van der Waals surface area contributed by atoms with E-state index >= 15 is 0 Å². The Kier molecular flexibility index (Phi) is 4.90. The summed E-state index contributed by atoms with van der Waals surface area (Å²) in [4.78, 5) is 0. The van der Waals surface area contributed by atoms with E-state index in [4.69, 9.17) is 0 Å². The normalized spacial score (nSPS) is 12.5. The number of hydrogen-bond donors (Lipinski definition) is 0. The van der Waals surface area contributed by atoms with E-state index in [-0.39, 0.29) is 0 Å². The standard InChI is InChI=1S/C19H23BrN4/c1-5-23-11-18(14(3)21-23)17-8-6-16(7-9-17)10-13(2)24-12-19(20)15(4)22-24/h6-9,11-13H,5,10H2,1-4H3. The van der Waals surface area contributed by atoms with Crippen LogP contribution in [0.5, 0.6) is 0 Å². The lowest BCUT2D eigenvalue weighted by Gasteiger charge is -2.12. The second kappa shape index (κ2) is 6.93. The van der Waals surface area contributed by atoms with Gasteiger partial charge in [0.25, 0.3) is 0 Å². The van der Waals surface area contributed by atoms with Crippen molar-refractivity contribution in [2.45, 2.75) is 46.7 Å². The zero-order valence-electron chi connectivity index (χ0n) is 14.6. The number of rotatable bonds is 5. The van der Waals surface area contributed by atoms with Gasteiger partial charge in [0.2, 0.25) is 0 Å². The lowest BCUT2D eigenvalue weighted by molar-refractivity contribution is 0.486. The van der Waals surface area contributed by atoms with Crippen molar-refractivity contribution in [1.82, 2.24) is 19.6 Å². The average molecular weight is 387 g/mol. The predicted octanol–water partition coefficient (Wildman–Crippen LogP) is 4.95. The Bertz CT molecular complexity index is 810. The van der Waals surface area contributed by atoms with Gasteiger partial charge in [-0.2, -0.15) is 10.2 Å². The highest BCUT2D eigenvalue weighted by atomic mass is 79.9. The van der Waals surface area contributed by atoms with Gasteiger partial charge in [0.1, 0.15) is 0 Å². The minimum atomic E-state index is 0.324. The van der Waals surface area contributed by atoms with E-state index < -0.39 is 0 Å². The fourth-order valence-electron chi connectivity index (χ4n) is 2.90. The number of aromatic nitrogens is 4. The fraction of sp³-hybridized carbons (Fsp3) is 0.368. The van der Waals surface area contributed by atoms with Gasteiger partial charge >= 0.3 is 0 Å². The Hall–Kier alpha value is -1.88. The van der Waals surface area contributed by atoms with Gasteiger partial charge in [-0.05, 0) is 61.2 Å². The van der Waals surface area contributed by atoms with Crippen LogP contribution in [0.3, 0.4) is 0 Å². The molecule has 0 aliphatic carbocycles. The summed E-state index contributed by atoms with van der Waals surface area (Å²) in [5, 5.41) is 9.08. The highest BCUT2D eigenvalue weighted by Gasteiger charge is 2.11. The van der Waals surface area contributed by atoms with Crippen molar-refractivity contribution in [1.29, 1.82) is 0 Å². The zero-order chi connectivity index (χ0) is 17.3. The summed E-state index contributed by atoms with van der Waals surface area (Å²) in [5.74, 6) is 0. The number of nitrogens with zero attached hydrogens (tertiary/aromatic N) is 4. The molecule has 3 aromatic rings. The van der Waals surface area contributed by atoms with Gasteiger partial charge in [-0.15, -0.1) is 0 Å². The summed E-state index contributed by atoms with van der Waals surface area (Å²) >= 11 is 3.53. The minimum absolute atomic E-state index is 0.324. The molecule has 0 radical (unpaired) electrons. The molecule has 0 spiro atoms. The Morgan fingerprint density at radius 3 is 2.29 bits per heavy atom. The van der Waals surface area contributed by atoms with Gasteiger partial charge in [0.15, 0.2) is 0 Å². The lowest BCUT2D eigenvalue weighted by Crippen LogP contribution is -2.09. The molecule has 4 nitrogen and oxygen atoms in total. The molecule has 2 aromatic heterocycles. The van der Waals surface area contributed by atoms with E-state index in [1.54, 1.807) is 0 Å². The lowest BCUT2D eigenvalue weighted by atomic mass is 10.0. The van der Waals surface area contributed by atoms with Crippen molar-refractivity contribution in [2.24, 2.45) is 0 Å². The van der Waals surface area contributed by atoms with E-state index in [0.29, 0.717) is 6.04 Å². The SMILES string of the molecule is CCn1cc(-c2ccc(CC(C)n3cc(Br)c(C)n3)cc2)c(C)n1. The van der Waals surface area contributed by atoms with Gasteiger partial charge in [-0.3, -0.25) is 9.36 Å². The summed E-state index contributed by atoms with van der Waals surface area (Å²) < 4.78 is 5.08. The van der Waals surface area contributed by atoms with Crippen molar-refractivity contribution in [3.05, 3.63) is 58.1 Å². The molecule has 0 amide bonds. The molecule has 0 fully saturated rings. The molecule has 0 aliphatic heterocycles. The summed E-state index contributed by atoms with van der Waals surface area (Å²) in [5.41, 5.74) is 5.86. The van der Waals surface area contributed by atoms with Crippen LogP contribution in [0.25, 0.3) is 11.1 Å². The number of benzene rings is 1. The maximum atomic E-state index is 4.55. The first-order chi connectivity index (χ1) is 11.5. The fourth-order valence-corrected chi connectivity index (χ4v) is 3.19. The Labute approximate surface area is 151 Å². The topological polar surface area (TPSA) is 35.6 Å². The van der Waals surface area contributed by atoms with Gasteiger partial charge in [-0.1, -0.05) is 24.3 Å². The monoisotopic (exact) mass is 386 g/mol. The first kappa shape index (κ1) is 17.0. The molecule has 24 heavy (non-hydrogen) atoms. The van der Waals surface area contributed by atoms with Crippen LogP contribution in [-0.2, 0) is 13.0 Å². The smallest absolute Gasteiger partial charge is 0.0735 e. The first-order valence-electron chi connectivity index (χ1n) is 8.32. The van der Waals surface area contributed by atoms with E-state index in [2.05, 4.69) is 83.6 Å². The van der Waals surface area contributed by atoms with Crippen LogP contribution in [0, 0.1) is 13.8 Å². The molecular weight excluding hydrogens is 364 g/mol. The average Bonchev–Trinajstić information content (AvgIpc) is 3.11. The highest BCUT2D eigenvalue weighted by molar-refractivity contribution is 9.10. The van der Waals surface area contributed by atoms with Crippen LogP contribution in [-0.4, -0.2) is 19.6 Å². The van der Waals surface area contributed by atoms with Crippen molar-refractivity contribution >= 4 is 15.9 Å². The molecule has 5 heteroatoms. The van der Waals surface area contributed by atoms with Crippen LogP contribution < -0.4 is 0 Å². The Balaban J connectivity index is 1.75. The molecule has 0 bridgehead atoms. The van der Waals surface area contributed by atoms with Crippen LogP contribution >= 0.6 is 15.9 Å². The third-order valence-electron chi connectivity index (χ3n) is 4.37. The number of hydrogen-bond acceptors (Lipinski definition) is 2. The third-order valence-corrected chi connectivity index (χ3v) is 5.15. The molecule has 1 atom stereocenters. The molecular formula is C19H23BrN4. The van der Waals surface area contributed by atoms with Crippen molar-refractivity contribution < 1.29 is 0 Å². The summed E-state index contributed by atoms with van der Waals surface area (Å²) in [6, 6.07) is 9.12. The molecule has 3 rings (SSSR count). The molecule has 1 aromatic carbocycles. The molecule has 126 valence electrons. The van der Waals surface area contributed by atoms with Gasteiger partial charge in [0, 0.05) is 24.5 Å². The van der Waals surface area contributed by atoms with Crippen molar-refractivity contribution in [3.8, 4) is 11.1 Å².